The molecule has 0 saturated carbocycles. The van der Waals surface area contributed by atoms with Crippen LogP contribution in [0.1, 0.15) is 77.6 Å². The van der Waals surface area contributed by atoms with Crippen molar-refractivity contribution in [2.24, 2.45) is 5.92 Å². The highest BCUT2D eigenvalue weighted by atomic mass is 16.7. The quantitative estimate of drug-likeness (QED) is 0.248. The number of amides is 1. The minimum Gasteiger partial charge on any atom is -0.399 e. The van der Waals surface area contributed by atoms with Gasteiger partial charge in [-0.1, -0.05) is 43.3 Å². The van der Waals surface area contributed by atoms with Crippen molar-refractivity contribution in [2.45, 2.75) is 90.4 Å². The van der Waals surface area contributed by atoms with Gasteiger partial charge in [0.15, 0.2) is 0 Å². The normalized spacial score (nSPS) is 21.0. The van der Waals surface area contributed by atoms with Gasteiger partial charge in [-0.3, -0.25) is 4.79 Å². The Bertz CT molecular complexity index is 1320. The third-order valence-corrected chi connectivity index (χ3v) is 9.17. The minimum atomic E-state index is -0.353. The van der Waals surface area contributed by atoms with Crippen molar-refractivity contribution in [1.29, 1.82) is 0 Å². The Kier molecular flexibility index (Phi) is 8.93. The van der Waals surface area contributed by atoms with Gasteiger partial charge in [0.25, 0.3) is 0 Å². The molecule has 2 atom stereocenters. The lowest BCUT2D eigenvalue weighted by Crippen LogP contribution is -2.41. The van der Waals surface area contributed by atoms with Crippen LogP contribution in [0.4, 0.5) is 0 Å². The van der Waals surface area contributed by atoms with Crippen molar-refractivity contribution in [1.82, 2.24) is 14.5 Å². The van der Waals surface area contributed by atoms with Gasteiger partial charge in [-0.15, -0.1) is 0 Å². The van der Waals surface area contributed by atoms with Gasteiger partial charge in [-0.05, 0) is 82.5 Å². The predicted molar refractivity (Wildman–Crippen MR) is 164 cm³/mol. The Balaban J connectivity index is 1.19. The second-order valence-corrected chi connectivity index (χ2v) is 13.0. The van der Waals surface area contributed by atoms with Crippen LogP contribution in [0, 0.1) is 5.92 Å². The van der Waals surface area contributed by atoms with Gasteiger partial charge >= 0.3 is 7.12 Å². The molecule has 3 aromatic rings. The number of fused-ring (bicyclic) bond motifs is 1. The van der Waals surface area contributed by atoms with Crippen molar-refractivity contribution in [2.75, 3.05) is 26.8 Å². The molecule has 0 radical (unpaired) electrons. The topological polar surface area (TPSA) is 65.8 Å². The summed E-state index contributed by atoms with van der Waals surface area (Å²) in [6.07, 6.45) is 4.42. The Morgan fingerprint density at radius 3 is 2.51 bits per heavy atom. The van der Waals surface area contributed by atoms with E-state index < -0.39 is 0 Å². The number of imidazole rings is 1. The number of methoxy groups -OCH3 is 1. The number of carbonyl (C=O) groups is 1. The van der Waals surface area contributed by atoms with Crippen LogP contribution in [-0.2, 0) is 31.8 Å². The third kappa shape index (κ3) is 6.55. The van der Waals surface area contributed by atoms with Gasteiger partial charge in [0.1, 0.15) is 5.82 Å². The molecule has 41 heavy (non-hydrogen) atoms. The number of nitrogens with zero attached hydrogens (tertiary/aromatic N) is 3. The fourth-order valence-corrected chi connectivity index (χ4v) is 6.11. The van der Waals surface area contributed by atoms with Gasteiger partial charge in [0.2, 0.25) is 5.91 Å². The molecular formula is C33H46BN3O4. The molecular weight excluding hydrogens is 513 g/mol. The number of aromatic nitrogens is 2. The number of hydrogen-bond donors (Lipinski definition) is 0. The number of carbonyl (C=O) groups excluding carboxylic acids is 1. The summed E-state index contributed by atoms with van der Waals surface area (Å²) in [5.74, 6) is 1.86. The lowest BCUT2D eigenvalue weighted by atomic mass is 9.78. The zero-order valence-corrected chi connectivity index (χ0v) is 25.7. The van der Waals surface area contributed by atoms with Gasteiger partial charge in [0.05, 0.1) is 22.2 Å². The van der Waals surface area contributed by atoms with E-state index in [0.717, 1.165) is 68.7 Å². The Morgan fingerprint density at radius 2 is 1.80 bits per heavy atom. The highest BCUT2D eigenvalue weighted by Gasteiger charge is 2.51. The Hall–Kier alpha value is -2.68. The van der Waals surface area contributed by atoms with Gasteiger partial charge in [-0.25, -0.2) is 4.98 Å². The maximum Gasteiger partial charge on any atom is 0.494 e. The monoisotopic (exact) mass is 559 g/mol. The van der Waals surface area contributed by atoms with Crippen molar-refractivity contribution >= 4 is 29.5 Å². The highest BCUT2D eigenvalue weighted by molar-refractivity contribution is 6.62. The van der Waals surface area contributed by atoms with E-state index in [1.54, 1.807) is 7.11 Å². The number of benzene rings is 2. The van der Waals surface area contributed by atoms with Crippen molar-refractivity contribution in [3.05, 3.63) is 59.9 Å². The summed E-state index contributed by atoms with van der Waals surface area (Å²) in [7, 11) is 1.39. The van der Waals surface area contributed by atoms with Crippen LogP contribution in [0.25, 0.3) is 11.0 Å². The van der Waals surface area contributed by atoms with Crippen LogP contribution in [0.2, 0.25) is 0 Å². The molecule has 1 aromatic heterocycles. The molecule has 0 bridgehead atoms. The summed E-state index contributed by atoms with van der Waals surface area (Å²) in [4.78, 5) is 20.6. The van der Waals surface area contributed by atoms with Crippen molar-refractivity contribution < 1.29 is 18.8 Å². The largest absolute Gasteiger partial charge is 0.494 e. The first-order valence-corrected chi connectivity index (χ1v) is 15.2. The smallest absolute Gasteiger partial charge is 0.399 e. The molecule has 1 amide bonds. The van der Waals surface area contributed by atoms with E-state index >= 15 is 0 Å². The van der Waals surface area contributed by atoms with E-state index in [1.807, 2.05) is 6.07 Å². The van der Waals surface area contributed by atoms with E-state index in [2.05, 4.69) is 86.6 Å². The summed E-state index contributed by atoms with van der Waals surface area (Å²) in [5, 5.41) is 0. The average Bonchev–Trinajstić information content (AvgIpc) is 3.42. The minimum absolute atomic E-state index is 0.248. The van der Waals surface area contributed by atoms with Crippen molar-refractivity contribution in [3.8, 4) is 0 Å². The lowest BCUT2D eigenvalue weighted by molar-refractivity contribution is -0.133. The number of aryl methyl sites for hydroxylation is 1. The molecule has 0 N–H and O–H groups in total. The molecule has 2 aromatic carbocycles. The average molecular weight is 560 g/mol. The second kappa shape index (κ2) is 12.3. The zero-order valence-electron chi connectivity index (χ0n) is 25.7. The molecule has 2 aliphatic rings. The lowest BCUT2D eigenvalue weighted by Gasteiger charge is -2.33. The second-order valence-electron chi connectivity index (χ2n) is 13.0. The molecule has 3 heterocycles. The fourth-order valence-electron chi connectivity index (χ4n) is 6.11. The standard InChI is InChI=1S/C33H46BN3O4/c1-24(21-25-14-16-27(17-15-25)34-40-32(2,3)33(4,5)41-34)22-30(38)36-18-9-11-26(23-36)31-35-28-12-7-8-13-29(28)37(31)19-10-20-39-6/h7-8,12-17,24,26H,9-11,18-23H2,1-6H3/t24-,26-/m1/s1. The highest BCUT2D eigenvalue weighted by Crippen LogP contribution is 2.36. The molecule has 2 fully saturated rings. The van der Waals surface area contributed by atoms with E-state index in [0.29, 0.717) is 6.42 Å². The van der Waals surface area contributed by atoms with Crippen LogP contribution in [0.5, 0.6) is 0 Å². The first-order valence-electron chi connectivity index (χ1n) is 15.2. The van der Waals surface area contributed by atoms with E-state index in [1.165, 1.54) is 11.1 Å². The van der Waals surface area contributed by atoms with Gasteiger partial charge in [-0.2, -0.15) is 0 Å². The Morgan fingerprint density at radius 1 is 1.10 bits per heavy atom. The fraction of sp³-hybridized carbons (Fsp3) is 0.576. The van der Waals surface area contributed by atoms with Gasteiger partial charge < -0.3 is 23.5 Å². The van der Waals surface area contributed by atoms with E-state index in [9.17, 15) is 4.79 Å². The first-order chi connectivity index (χ1) is 19.6. The van der Waals surface area contributed by atoms with E-state index in [4.69, 9.17) is 19.0 Å². The molecule has 2 saturated heterocycles. The van der Waals surface area contributed by atoms with Gasteiger partial charge in [0, 0.05) is 45.7 Å². The SMILES string of the molecule is COCCCn1c([C@@H]2CCCN(C(=O)C[C@H](C)Cc3ccc(B4OC(C)(C)C(C)(C)O4)cc3)C2)nc2ccccc21. The molecule has 0 spiro atoms. The molecule has 5 rings (SSSR count). The molecule has 7 nitrogen and oxygen atoms in total. The van der Waals surface area contributed by atoms with Crippen LogP contribution in [0.3, 0.4) is 0 Å². The first kappa shape index (κ1) is 29.8. The summed E-state index contributed by atoms with van der Waals surface area (Å²) < 4.78 is 20.1. The molecule has 0 aliphatic carbocycles. The summed E-state index contributed by atoms with van der Waals surface area (Å²) in [6.45, 7) is 13.6. The van der Waals surface area contributed by atoms with Crippen LogP contribution in [-0.4, -0.2) is 65.5 Å². The maximum atomic E-state index is 13.4. The molecule has 220 valence electrons. The number of likely N-dealkylation sites (tertiary alicyclic amines) is 1. The number of para-hydroxylation sites is 2. The number of hydrogen-bond acceptors (Lipinski definition) is 5. The van der Waals surface area contributed by atoms with E-state index in [-0.39, 0.29) is 36.1 Å². The number of rotatable bonds is 10. The summed E-state index contributed by atoms with van der Waals surface area (Å²) in [6, 6.07) is 16.8. The number of ether oxygens (including phenoxy) is 1. The maximum absolute atomic E-state index is 13.4. The summed E-state index contributed by atoms with van der Waals surface area (Å²) in [5.41, 5.74) is 3.75. The van der Waals surface area contributed by atoms with Crippen LogP contribution >= 0.6 is 0 Å². The molecule has 8 heteroatoms. The summed E-state index contributed by atoms with van der Waals surface area (Å²) >= 11 is 0. The number of piperidine rings is 1. The zero-order chi connectivity index (χ0) is 29.2. The van der Waals surface area contributed by atoms with Crippen molar-refractivity contribution in [3.63, 3.8) is 0 Å². The third-order valence-electron chi connectivity index (χ3n) is 9.17. The van der Waals surface area contributed by atoms with Crippen LogP contribution in [0.15, 0.2) is 48.5 Å². The Labute approximate surface area is 245 Å². The molecule has 0 unspecified atom stereocenters. The molecule has 2 aliphatic heterocycles. The predicted octanol–water partition coefficient (Wildman–Crippen LogP) is 5.35. The van der Waals surface area contributed by atoms with Crippen LogP contribution < -0.4 is 5.46 Å².